The zero-order chi connectivity index (χ0) is 14.9. The fourth-order valence-electron chi connectivity index (χ4n) is 1.71. The van der Waals surface area contributed by atoms with Gasteiger partial charge in [0.1, 0.15) is 0 Å². The zero-order valence-corrected chi connectivity index (χ0v) is 13.0. The number of hydrogen-bond donors (Lipinski definition) is 2. The quantitative estimate of drug-likeness (QED) is 0.566. The predicted octanol–water partition coefficient (Wildman–Crippen LogP) is 0.292. The fraction of sp³-hybridized carbons (Fsp3) is 0.917. The third kappa shape index (κ3) is 9.86. The minimum absolute atomic E-state index is 0.00283. The molecule has 0 saturated carbocycles. The molecule has 0 aliphatic heterocycles. The van der Waals surface area contributed by atoms with E-state index in [4.69, 9.17) is 5.73 Å². The molecule has 0 aromatic rings. The summed E-state index contributed by atoms with van der Waals surface area (Å²) in [6.07, 6.45) is 3.92. The second kappa shape index (κ2) is 9.28. The Morgan fingerprint density at radius 2 is 2.00 bits per heavy atom. The summed E-state index contributed by atoms with van der Waals surface area (Å²) < 4.78 is 24.0. The molecule has 1 unspecified atom stereocenters. The maximum atomic E-state index is 11.5. The minimum atomic E-state index is -3.13. The molecule has 114 valence electrons. The molecule has 7 heteroatoms. The van der Waals surface area contributed by atoms with E-state index >= 15 is 0 Å². The van der Waals surface area contributed by atoms with Crippen molar-refractivity contribution in [2.75, 3.05) is 25.9 Å². The molecule has 0 fully saturated rings. The van der Waals surface area contributed by atoms with Crippen LogP contribution in [-0.4, -0.2) is 50.6 Å². The van der Waals surface area contributed by atoms with Gasteiger partial charge in [-0.05, 0) is 26.2 Å². The van der Waals surface area contributed by atoms with Crippen molar-refractivity contribution in [2.24, 2.45) is 5.73 Å². The average molecular weight is 293 g/mol. The van der Waals surface area contributed by atoms with E-state index in [1.54, 1.807) is 6.92 Å². The van der Waals surface area contributed by atoms with Crippen LogP contribution >= 0.6 is 0 Å². The maximum Gasteiger partial charge on any atom is 0.219 e. The molecule has 0 aromatic carbocycles. The highest BCUT2D eigenvalue weighted by atomic mass is 32.2. The maximum absolute atomic E-state index is 11.5. The van der Waals surface area contributed by atoms with E-state index < -0.39 is 10.0 Å². The van der Waals surface area contributed by atoms with Gasteiger partial charge in [0.25, 0.3) is 0 Å². The van der Waals surface area contributed by atoms with Crippen LogP contribution in [0.5, 0.6) is 0 Å². The van der Waals surface area contributed by atoms with Crippen LogP contribution in [0.15, 0.2) is 0 Å². The lowest BCUT2D eigenvalue weighted by Gasteiger charge is -2.17. The van der Waals surface area contributed by atoms with Gasteiger partial charge in [0.2, 0.25) is 15.9 Å². The summed E-state index contributed by atoms with van der Waals surface area (Å²) >= 11 is 0. The molecule has 0 radical (unpaired) electrons. The molecule has 0 aliphatic carbocycles. The van der Waals surface area contributed by atoms with Gasteiger partial charge in [-0.3, -0.25) is 4.79 Å². The zero-order valence-electron chi connectivity index (χ0n) is 12.2. The molecule has 0 rings (SSSR count). The number of carbonyl (C=O) groups excluding carboxylic acids is 1. The summed E-state index contributed by atoms with van der Waals surface area (Å²) in [4.78, 5) is 11.5. The van der Waals surface area contributed by atoms with Crippen molar-refractivity contribution in [1.82, 2.24) is 9.62 Å². The number of carbonyl (C=O) groups is 1. The smallest absolute Gasteiger partial charge is 0.219 e. The number of hydrogen-bond acceptors (Lipinski definition) is 4. The van der Waals surface area contributed by atoms with Crippen molar-refractivity contribution in [3.05, 3.63) is 0 Å². The lowest BCUT2D eigenvalue weighted by Crippen LogP contribution is -2.33. The molecule has 0 bridgehead atoms. The molecule has 1 atom stereocenters. The van der Waals surface area contributed by atoms with Gasteiger partial charge in [0.15, 0.2) is 0 Å². The molecule has 0 aromatic heterocycles. The standard InChI is InChI=1S/C12H27N3O3S/c1-4-15(19(3,17)18)10-6-9-14-12(16)8-5-7-11(2)13/h11H,4-10,13H2,1-3H3,(H,14,16). The van der Waals surface area contributed by atoms with Crippen molar-refractivity contribution in [3.8, 4) is 0 Å². The summed E-state index contributed by atoms with van der Waals surface area (Å²) in [7, 11) is -3.13. The Bertz CT molecular complexity index is 355. The normalized spacial score (nSPS) is 13.5. The van der Waals surface area contributed by atoms with Crippen molar-refractivity contribution in [1.29, 1.82) is 0 Å². The number of nitrogens with one attached hydrogen (secondary N) is 1. The van der Waals surface area contributed by atoms with E-state index in [0.717, 1.165) is 12.8 Å². The van der Waals surface area contributed by atoms with Gasteiger partial charge < -0.3 is 11.1 Å². The molecule has 1 amide bonds. The van der Waals surface area contributed by atoms with Crippen LogP contribution in [0.2, 0.25) is 0 Å². The topological polar surface area (TPSA) is 92.5 Å². The first kappa shape index (κ1) is 18.3. The monoisotopic (exact) mass is 293 g/mol. The Morgan fingerprint density at radius 3 is 2.47 bits per heavy atom. The third-order valence-electron chi connectivity index (χ3n) is 2.79. The Morgan fingerprint density at radius 1 is 1.37 bits per heavy atom. The molecule has 6 nitrogen and oxygen atoms in total. The average Bonchev–Trinajstić information content (AvgIpc) is 2.26. The summed E-state index contributed by atoms with van der Waals surface area (Å²) in [5.41, 5.74) is 5.60. The summed E-state index contributed by atoms with van der Waals surface area (Å²) in [5.74, 6) is 0.00283. The van der Waals surface area contributed by atoms with Crippen LogP contribution in [0.25, 0.3) is 0 Å². The molecule has 19 heavy (non-hydrogen) atoms. The predicted molar refractivity (Wildman–Crippen MR) is 77.2 cm³/mol. The molecule has 0 saturated heterocycles. The van der Waals surface area contributed by atoms with Gasteiger partial charge in [0, 0.05) is 32.1 Å². The number of sulfonamides is 1. The summed E-state index contributed by atoms with van der Waals surface area (Å²) in [6, 6.07) is 0.126. The van der Waals surface area contributed by atoms with Crippen LogP contribution in [0.4, 0.5) is 0 Å². The number of nitrogens with zero attached hydrogens (tertiary/aromatic N) is 1. The van der Waals surface area contributed by atoms with Gasteiger partial charge >= 0.3 is 0 Å². The number of amides is 1. The second-order valence-electron chi connectivity index (χ2n) is 4.83. The largest absolute Gasteiger partial charge is 0.356 e. The first-order valence-corrected chi connectivity index (χ1v) is 8.59. The first-order chi connectivity index (χ1) is 8.77. The highest BCUT2D eigenvalue weighted by Gasteiger charge is 2.13. The van der Waals surface area contributed by atoms with E-state index in [-0.39, 0.29) is 11.9 Å². The number of rotatable bonds is 10. The van der Waals surface area contributed by atoms with Crippen molar-refractivity contribution in [3.63, 3.8) is 0 Å². The van der Waals surface area contributed by atoms with Crippen molar-refractivity contribution in [2.45, 2.75) is 45.6 Å². The third-order valence-corrected chi connectivity index (χ3v) is 4.17. The van der Waals surface area contributed by atoms with E-state index in [1.165, 1.54) is 10.6 Å². The van der Waals surface area contributed by atoms with Crippen LogP contribution in [0.1, 0.15) is 39.5 Å². The highest BCUT2D eigenvalue weighted by Crippen LogP contribution is 2.00. The van der Waals surface area contributed by atoms with Gasteiger partial charge in [-0.1, -0.05) is 6.92 Å². The lowest BCUT2D eigenvalue weighted by molar-refractivity contribution is -0.121. The minimum Gasteiger partial charge on any atom is -0.356 e. The van der Waals surface area contributed by atoms with E-state index in [9.17, 15) is 13.2 Å². The second-order valence-corrected chi connectivity index (χ2v) is 6.81. The molecular formula is C12H27N3O3S. The van der Waals surface area contributed by atoms with Crippen LogP contribution < -0.4 is 11.1 Å². The van der Waals surface area contributed by atoms with Crippen LogP contribution in [0, 0.1) is 0 Å². The molecule has 3 N–H and O–H groups in total. The van der Waals surface area contributed by atoms with Crippen molar-refractivity contribution >= 4 is 15.9 Å². The Kier molecular flexibility index (Phi) is 8.95. The Hall–Kier alpha value is -0.660. The van der Waals surface area contributed by atoms with E-state index in [2.05, 4.69) is 5.32 Å². The van der Waals surface area contributed by atoms with Gasteiger partial charge in [-0.15, -0.1) is 0 Å². The highest BCUT2D eigenvalue weighted by molar-refractivity contribution is 7.88. The Balaban J connectivity index is 3.71. The molecule has 0 heterocycles. The molecular weight excluding hydrogens is 266 g/mol. The van der Waals surface area contributed by atoms with Gasteiger partial charge in [-0.2, -0.15) is 0 Å². The van der Waals surface area contributed by atoms with Crippen LogP contribution in [-0.2, 0) is 14.8 Å². The lowest BCUT2D eigenvalue weighted by atomic mass is 10.1. The molecule has 0 aliphatic rings. The fourth-order valence-corrected chi connectivity index (χ4v) is 2.64. The van der Waals surface area contributed by atoms with Crippen LogP contribution in [0.3, 0.4) is 0 Å². The van der Waals surface area contributed by atoms with E-state index in [1.807, 2.05) is 6.92 Å². The first-order valence-electron chi connectivity index (χ1n) is 6.74. The van der Waals surface area contributed by atoms with E-state index in [0.29, 0.717) is 32.5 Å². The SMILES string of the molecule is CCN(CCCNC(=O)CCCC(C)N)S(C)(=O)=O. The summed E-state index contributed by atoms with van der Waals surface area (Å²) in [6.45, 7) is 5.12. The summed E-state index contributed by atoms with van der Waals surface area (Å²) in [5, 5.41) is 2.79. The van der Waals surface area contributed by atoms with Gasteiger partial charge in [-0.25, -0.2) is 12.7 Å². The Labute approximate surface area is 116 Å². The van der Waals surface area contributed by atoms with Crippen molar-refractivity contribution < 1.29 is 13.2 Å². The van der Waals surface area contributed by atoms with Gasteiger partial charge in [0.05, 0.1) is 6.26 Å². The number of nitrogens with two attached hydrogens (primary N) is 1. The molecule has 0 spiro atoms.